The Morgan fingerprint density at radius 2 is 2.17 bits per heavy atom. The van der Waals surface area contributed by atoms with E-state index in [0.717, 1.165) is 20.5 Å². The summed E-state index contributed by atoms with van der Waals surface area (Å²) in [7, 11) is 1.83. The van der Waals surface area contributed by atoms with Crippen molar-refractivity contribution < 1.29 is 4.79 Å². The van der Waals surface area contributed by atoms with Crippen LogP contribution in [0.4, 0.5) is 0 Å². The van der Waals surface area contributed by atoms with Crippen molar-refractivity contribution in [3.8, 4) is 0 Å². The minimum absolute atomic E-state index is 0.0565. The number of carbonyl (C=O) groups excluding carboxylic acids is 1. The van der Waals surface area contributed by atoms with Crippen molar-refractivity contribution in [1.82, 2.24) is 4.90 Å². The Morgan fingerprint density at radius 1 is 1.39 bits per heavy atom. The van der Waals surface area contributed by atoms with Gasteiger partial charge in [-0.1, -0.05) is 17.7 Å². The number of thiophene rings is 1. The molecule has 1 amide bonds. The minimum atomic E-state index is 0.0565. The average Bonchev–Trinajstić information content (AvgIpc) is 2.73. The highest BCUT2D eigenvalue weighted by Crippen LogP contribution is 2.22. The van der Waals surface area contributed by atoms with E-state index in [-0.39, 0.29) is 5.91 Å². The summed E-state index contributed by atoms with van der Waals surface area (Å²) in [6.45, 7) is 2.63. The number of carbonyl (C=O) groups is 1. The van der Waals surface area contributed by atoms with Gasteiger partial charge >= 0.3 is 0 Å². The predicted octanol–water partition coefficient (Wildman–Crippen LogP) is 4.09. The van der Waals surface area contributed by atoms with Crippen LogP contribution < -0.4 is 0 Å². The van der Waals surface area contributed by atoms with Crippen LogP contribution >= 0.6 is 27.3 Å². The topological polar surface area (TPSA) is 20.3 Å². The Morgan fingerprint density at radius 3 is 2.78 bits per heavy atom. The minimum Gasteiger partial charge on any atom is -0.337 e. The molecule has 0 N–H and O–H groups in total. The lowest BCUT2D eigenvalue weighted by Crippen LogP contribution is -2.25. The third kappa shape index (κ3) is 3.21. The molecule has 0 aliphatic heterocycles. The van der Waals surface area contributed by atoms with Gasteiger partial charge < -0.3 is 4.90 Å². The first-order chi connectivity index (χ1) is 8.56. The van der Waals surface area contributed by atoms with Gasteiger partial charge in [0.25, 0.3) is 5.91 Å². The second-order valence-electron chi connectivity index (χ2n) is 4.29. The highest BCUT2D eigenvalue weighted by Gasteiger charge is 2.12. The molecule has 1 aromatic heterocycles. The van der Waals surface area contributed by atoms with Crippen LogP contribution in [0, 0.1) is 6.92 Å². The molecule has 0 atom stereocenters. The first-order valence-electron chi connectivity index (χ1n) is 5.61. The lowest BCUT2D eigenvalue weighted by Gasteiger charge is -2.16. The maximum Gasteiger partial charge on any atom is 0.253 e. The van der Waals surface area contributed by atoms with Crippen LogP contribution in [0.1, 0.15) is 21.5 Å². The second kappa shape index (κ2) is 5.67. The standard InChI is InChI=1S/C14H14BrNOS/c1-10-4-3-5-12(6-10)14(17)16(2)8-11-7-13(15)18-9-11/h3-7,9H,8H2,1-2H3. The van der Waals surface area contributed by atoms with E-state index >= 15 is 0 Å². The number of hydrogen-bond donors (Lipinski definition) is 0. The highest BCUT2D eigenvalue weighted by molar-refractivity contribution is 9.11. The molecule has 0 aliphatic carbocycles. The number of nitrogens with zero attached hydrogens (tertiary/aromatic N) is 1. The SMILES string of the molecule is Cc1cccc(C(=O)N(C)Cc2csc(Br)c2)c1. The molecular formula is C14H14BrNOS. The molecular weight excluding hydrogens is 310 g/mol. The fourth-order valence-corrected chi connectivity index (χ4v) is 2.97. The first kappa shape index (κ1) is 13.3. The van der Waals surface area contributed by atoms with Crippen LogP contribution in [-0.4, -0.2) is 17.9 Å². The van der Waals surface area contributed by atoms with Crippen molar-refractivity contribution in [2.45, 2.75) is 13.5 Å². The van der Waals surface area contributed by atoms with Gasteiger partial charge in [0.05, 0.1) is 3.79 Å². The maximum absolute atomic E-state index is 12.2. The molecule has 18 heavy (non-hydrogen) atoms. The van der Waals surface area contributed by atoms with Crippen LogP contribution in [0.3, 0.4) is 0 Å². The third-order valence-electron chi connectivity index (χ3n) is 2.65. The number of halogens is 1. The summed E-state index contributed by atoms with van der Waals surface area (Å²) in [6.07, 6.45) is 0. The molecule has 94 valence electrons. The van der Waals surface area contributed by atoms with E-state index < -0.39 is 0 Å². The molecule has 0 saturated heterocycles. The van der Waals surface area contributed by atoms with Gasteiger partial charge in [0.1, 0.15) is 0 Å². The third-order valence-corrected chi connectivity index (χ3v) is 4.21. The maximum atomic E-state index is 12.2. The second-order valence-corrected chi connectivity index (χ2v) is 6.58. The van der Waals surface area contributed by atoms with E-state index in [2.05, 4.69) is 21.3 Å². The first-order valence-corrected chi connectivity index (χ1v) is 7.28. The molecule has 0 unspecified atom stereocenters. The zero-order valence-electron chi connectivity index (χ0n) is 10.3. The Balaban J connectivity index is 2.09. The van der Waals surface area contributed by atoms with Crippen molar-refractivity contribution in [3.05, 3.63) is 56.2 Å². The van der Waals surface area contributed by atoms with Gasteiger partial charge in [0, 0.05) is 19.2 Å². The van der Waals surface area contributed by atoms with Gasteiger partial charge in [-0.3, -0.25) is 4.79 Å². The number of amides is 1. The molecule has 2 nitrogen and oxygen atoms in total. The van der Waals surface area contributed by atoms with Crippen molar-refractivity contribution in [3.63, 3.8) is 0 Å². The summed E-state index contributed by atoms with van der Waals surface area (Å²) in [5.74, 6) is 0.0565. The van der Waals surface area contributed by atoms with E-state index in [1.54, 1.807) is 16.2 Å². The summed E-state index contributed by atoms with van der Waals surface area (Å²) >= 11 is 5.06. The van der Waals surface area contributed by atoms with Gasteiger partial charge in [-0.15, -0.1) is 11.3 Å². The Labute approximate surface area is 119 Å². The van der Waals surface area contributed by atoms with Gasteiger partial charge in [0.15, 0.2) is 0 Å². The molecule has 0 fully saturated rings. The van der Waals surface area contributed by atoms with E-state index in [1.165, 1.54) is 0 Å². The average molecular weight is 324 g/mol. The number of benzene rings is 1. The molecule has 0 bridgehead atoms. The fraction of sp³-hybridized carbons (Fsp3) is 0.214. The van der Waals surface area contributed by atoms with Crippen LogP contribution in [-0.2, 0) is 6.54 Å². The lowest BCUT2D eigenvalue weighted by molar-refractivity contribution is 0.0785. The van der Waals surface area contributed by atoms with Crippen LogP contribution in [0.15, 0.2) is 39.5 Å². The molecule has 0 aliphatic rings. The zero-order chi connectivity index (χ0) is 13.1. The number of aryl methyl sites for hydroxylation is 1. The molecule has 0 radical (unpaired) electrons. The van der Waals surface area contributed by atoms with Crippen LogP contribution in [0.25, 0.3) is 0 Å². The molecule has 1 heterocycles. The Bertz CT molecular complexity index is 564. The summed E-state index contributed by atoms with van der Waals surface area (Å²) in [5.41, 5.74) is 3.00. The molecule has 2 rings (SSSR count). The quantitative estimate of drug-likeness (QED) is 0.833. The smallest absolute Gasteiger partial charge is 0.253 e. The van der Waals surface area contributed by atoms with Crippen molar-refractivity contribution in [1.29, 1.82) is 0 Å². The van der Waals surface area contributed by atoms with Crippen molar-refractivity contribution in [2.24, 2.45) is 0 Å². The fourth-order valence-electron chi connectivity index (χ4n) is 1.77. The van der Waals surface area contributed by atoms with Gasteiger partial charge in [-0.05, 0) is 52.0 Å². The van der Waals surface area contributed by atoms with Gasteiger partial charge in [-0.25, -0.2) is 0 Å². The zero-order valence-corrected chi connectivity index (χ0v) is 12.7. The molecule has 1 aromatic carbocycles. The number of hydrogen-bond acceptors (Lipinski definition) is 2. The largest absolute Gasteiger partial charge is 0.337 e. The highest BCUT2D eigenvalue weighted by atomic mass is 79.9. The Hall–Kier alpha value is -1.13. The van der Waals surface area contributed by atoms with Gasteiger partial charge in [-0.2, -0.15) is 0 Å². The molecule has 4 heteroatoms. The van der Waals surface area contributed by atoms with Gasteiger partial charge in [0.2, 0.25) is 0 Å². The van der Waals surface area contributed by atoms with Crippen LogP contribution in [0.2, 0.25) is 0 Å². The molecule has 0 spiro atoms. The summed E-state index contributed by atoms with van der Waals surface area (Å²) in [5, 5.41) is 2.06. The van der Waals surface area contributed by atoms with Crippen molar-refractivity contribution in [2.75, 3.05) is 7.05 Å². The lowest BCUT2D eigenvalue weighted by atomic mass is 10.1. The predicted molar refractivity (Wildman–Crippen MR) is 79.0 cm³/mol. The van der Waals surface area contributed by atoms with Crippen LogP contribution in [0.5, 0.6) is 0 Å². The monoisotopic (exact) mass is 323 g/mol. The molecule has 2 aromatic rings. The van der Waals surface area contributed by atoms with E-state index in [9.17, 15) is 4.79 Å². The Kier molecular flexibility index (Phi) is 4.19. The van der Waals surface area contributed by atoms with E-state index in [0.29, 0.717) is 6.54 Å². The summed E-state index contributed by atoms with van der Waals surface area (Å²) in [6, 6.07) is 9.73. The normalized spacial score (nSPS) is 10.4. The molecule has 0 saturated carbocycles. The van der Waals surface area contributed by atoms with Crippen molar-refractivity contribution >= 4 is 33.2 Å². The number of rotatable bonds is 3. The summed E-state index contributed by atoms with van der Waals surface area (Å²) in [4.78, 5) is 14.0. The summed E-state index contributed by atoms with van der Waals surface area (Å²) < 4.78 is 1.09. The van der Waals surface area contributed by atoms with E-state index in [1.807, 2.05) is 44.3 Å². The van der Waals surface area contributed by atoms with E-state index in [4.69, 9.17) is 0 Å².